The van der Waals surface area contributed by atoms with E-state index >= 15 is 0 Å². The summed E-state index contributed by atoms with van der Waals surface area (Å²) in [4.78, 5) is 0.214. The molecule has 2 aromatic rings. The zero-order valence-corrected chi connectivity index (χ0v) is 13.8. The van der Waals surface area contributed by atoms with Crippen LogP contribution in [0.3, 0.4) is 0 Å². The van der Waals surface area contributed by atoms with Crippen LogP contribution in [0.2, 0.25) is 0 Å². The molecule has 1 heterocycles. The lowest BCUT2D eigenvalue weighted by Gasteiger charge is -2.37. The van der Waals surface area contributed by atoms with Gasteiger partial charge in [0.05, 0.1) is 10.9 Å². The zero-order chi connectivity index (χ0) is 16.7. The van der Waals surface area contributed by atoms with Gasteiger partial charge in [-0.3, -0.25) is 5.11 Å². The van der Waals surface area contributed by atoms with Gasteiger partial charge in [0.25, 0.3) is 0 Å². The van der Waals surface area contributed by atoms with Crippen LogP contribution in [0.4, 0.5) is 0 Å². The van der Waals surface area contributed by atoms with E-state index < -0.39 is 21.7 Å². The molecule has 0 fully saturated rings. The largest absolute Gasteiger partial charge is 0.487 e. The summed E-state index contributed by atoms with van der Waals surface area (Å²) in [6.45, 7) is 3.74. The van der Waals surface area contributed by atoms with Crippen LogP contribution in [-0.2, 0) is 15.1 Å². The lowest BCUT2D eigenvalue weighted by Crippen LogP contribution is -2.41. The highest BCUT2D eigenvalue weighted by Crippen LogP contribution is 2.41. The summed E-state index contributed by atoms with van der Waals surface area (Å²) in [5.74, 6) is 0.278. The quantitative estimate of drug-likeness (QED) is 0.936. The smallest absolute Gasteiger partial charge is 0.241 e. The molecule has 121 valence electrons. The van der Waals surface area contributed by atoms with E-state index in [1.807, 2.05) is 13.8 Å². The summed E-state index contributed by atoms with van der Waals surface area (Å²) in [5, 5.41) is 11.5. The summed E-state index contributed by atoms with van der Waals surface area (Å²) in [6, 6.07) is 12.2. The molecule has 1 aliphatic rings. The van der Waals surface area contributed by atoms with Crippen molar-refractivity contribution in [2.45, 2.75) is 36.8 Å². The minimum Gasteiger partial charge on any atom is -0.487 e. The molecule has 1 aliphatic heterocycles. The van der Waals surface area contributed by atoms with Crippen molar-refractivity contribution < 1.29 is 18.3 Å². The van der Waals surface area contributed by atoms with Gasteiger partial charge in [0.1, 0.15) is 11.4 Å². The molecule has 0 aromatic heterocycles. The van der Waals surface area contributed by atoms with Crippen LogP contribution >= 0.6 is 0 Å². The molecule has 6 heteroatoms. The summed E-state index contributed by atoms with van der Waals surface area (Å²) in [7, 11) is -3.65. The van der Waals surface area contributed by atoms with Gasteiger partial charge in [-0.1, -0.05) is 18.2 Å². The highest BCUT2D eigenvalue weighted by atomic mass is 32.2. The molecule has 0 saturated heterocycles. The molecule has 0 amide bonds. The molecule has 1 radical (unpaired) electrons. The first-order valence-electron chi connectivity index (χ1n) is 7.34. The molecule has 0 bridgehead atoms. The van der Waals surface area contributed by atoms with Crippen molar-refractivity contribution in [3.8, 4) is 11.5 Å². The Kier molecular flexibility index (Phi) is 3.82. The van der Waals surface area contributed by atoms with Crippen LogP contribution in [-0.4, -0.2) is 14.0 Å². The molecule has 0 saturated carbocycles. The van der Waals surface area contributed by atoms with Gasteiger partial charge in [-0.25, -0.2) is 13.1 Å². The van der Waals surface area contributed by atoms with Crippen molar-refractivity contribution in [3.63, 3.8) is 0 Å². The zero-order valence-electron chi connectivity index (χ0n) is 12.9. The minimum absolute atomic E-state index is 0.161. The van der Waals surface area contributed by atoms with Crippen molar-refractivity contribution in [2.24, 2.45) is 0 Å². The number of rotatable bonds is 3. The van der Waals surface area contributed by atoms with Crippen LogP contribution < -0.4 is 9.46 Å². The van der Waals surface area contributed by atoms with E-state index in [1.54, 1.807) is 36.4 Å². The Morgan fingerprint density at radius 1 is 1.13 bits per heavy atom. The van der Waals surface area contributed by atoms with Crippen molar-refractivity contribution in [1.82, 2.24) is 4.72 Å². The van der Waals surface area contributed by atoms with E-state index in [-0.39, 0.29) is 10.6 Å². The maximum absolute atomic E-state index is 12.6. The molecule has 1 atom stereocenters. The van der Waals surface area contributed by atoms with Crippen LogP contribution in [0, 0.1) is 0 Å². The second kappa shape index (κ2) is 5.54. The van der Waals surface area contributed by atoms with Gasteiger partial charge in [-0.2, -0.15) is 0 Å². The SMILES string of the molecule is CC1(C)CC(NS(=O)(=O)c2ccccc2)c2ccc([O])cc2O1. The van der Waals surface area contributed by atoms with Crippen LogP contribution in [0.15, 0.2) is 53.4 Å². The summed E-state index contributed by atoms with van der Waals surface area (Å²) < 4.78 is 33.7. The Labute approximate surface area is 136 Å². The first-order valence-corrected chi connectivity index (χ1v) is 8.82. The number of fused-ring (bicyclic) bond motifs is 1. The van der Waals surface area contributed by atoms with Gasteiger partial charge in [-0.15, -0.1) is 0 Å². The van der Waals surface area contributed by atoms with E-state index in [2.05, 4.69) is 4.72 Å². The van der Waals surface area contributed by atoms with Crippen LogP contribution in [0.25, 0.3) is 0 Å². The lowest BCUT2D eigenvalue weighted by molar-refractivity contribution is 0.0697. The molecular formula is C17H18NO4S. The maximum Gasteiger partial charge on any atom is 0.241 e. The Bertz CT molecular complexity index is 816. The molecule has 0 aliphatic carbocycles. The van der Waals surface area contributed by atoms with E-state index in [4.69, 9.17) is 4.74 Å². The van der Waals surface area contributed by atoms with Crippen molar-refractivity contribution in [3.05, 3.63) is 54.1 Å². The summed E-state index contributed by atoms with van der Waals surface area (Å²) in [6.07, 6.45) is 0.476. The molecule has 23 heavy (non-hydrogen) atoms. The molecule has 0 spiro atoms. The number of hydrogen-bond acceptors (Lipinski definition) is 3. The molecule has 1 N–H and O–H groups in total. The number of benzene rings is 2. The van der Waals surface area contributed by atoms with E-state index in [1.165, 1.54) is 12.1 Å². The van der Waals surface area contributed by atoms with Gasteiger partial charge < -0.3 is 4.74 Å². The normalized spacial score (nSPS) is 19.7. The van der Waals surface area contributed by atoms with Gasteiger partial charge in [0.15, 0.2) is 5.75 Å². The Morgan fingerprint density at radius 2 is 1.83 bits per heavy atom. The third-order valence-corrected chi connectivity index (χ3v) is 5.28. The van der Waals surface area contributed by atoms with Gasteiger partial charge in [0, 0.05) is 18.1 Å². The van der Waals surface area contributed by atoms with E-state index in [9.17, 15) is 13.5 Å². The molecule has 2 aromatic carbocycles. The first kappa shape index (κ1) is 15.8. The molecular weight excluding hydrogens is 314 g/mol. The van der Waals surface area contributed by atoms with Crippen molar-refractivity contribution in [2.75, 3.05) is 0 Å². The fraction of sp³-hybridized carbons (Fsp3) is 0.294. The lowest BCUT2D eigenvalue weighted by atomic mass is 9.90. The minimum atomic E-state index is -3.65. The second-order valence-electron chi connectivity index (χ2n) is 6.25. The topological polar surface area (TPSA) is 75.3 Å². The third-order valence-electron chi connectivity index (χ3n) is 3.79. The molecule has 1 unspecified atom stereocenters. The first-order chi connectivity index (χ1) is 10.8. The average molecular weight is 332 g/mol. The van der Waals surface area contributed by atoms with Gasteiger partial charge >= 0.3 is 0 Å². The third kappa shape index (κ3) is 3.33. The summed E-state index contributed by atoms with van der Waals surface area (Å²) in [5.41, 5.74) is 0.119. The highest BCUT2D eigenvalue weighted by Gasteiger charge is 2.36. The fourth-order valence-corrected chi connectivity index (χ4v) is 4.03. The number of sulfonamides is 1. The summed E-state index contributed by atoms with van der Waals surface area (Å²) >= 11 is 0. The predicted octanol–water partition coefficient (Wildman–Crippen LogP) is 3.41. The Hall–Kier alpha value is -2.05. The molecule has 5 nitrogen and oxygen atoms in total. The average Bonchev–Trinajstić information content (AvgIpc) is 2.46. The monoisotopic (exact) mass is 332 g/mol. The van der Waals surface area contributed by atoms with Gasteiger partial charge in [-0.05, 0) is 38.1 Å². The number of ether oxygens (including phenoxy) is 1. The van der Waals surface area contributed by atoms with E-state index in [0.717, 1.165) is 0 Å². The number of nitrogens with one attached hydrogen (secondary N) is 1. The predicted molar refractivity (Wildman–Crippen MR) is 85.4 cm³/mol. The highest BCUT2D eigenvalue weighted by molar-refractivity contribution is 7.89. The van der Waals surface area contributed by atoms with Gasteiger partial charge in [0.2, 0.25) is 10.0 Å². The maximum atomic E-state index is 12.6. The van der Waals surface area contributed by atoms with Crippen LogP contribution in [0.1, 0.15) is 31.9 Å². The standard InChI is InChI=1S/C17H18NO4S/c1-17(2)11-15(14-9-8-12(19)10-16(14)22-17)18-23(20,21)13-6-4-3-5-7-13/h3-10,15,18H,11H2,1-2H3. The molecule has 3 rings (SSSR count). The Balaban J connectivity index is 1.97. The van der Waals surface area contributed by atoms with Crippen molar-refractivity contribution in [1.29, 1.82) is 0 Å². The Morgan fingerprint density at radius 3 is 2.52 bits per heavy atom. The number of hydrogen-bond donors (Lipinski definition) is 1. The van der Waals surface area contributed by atoms with E-state index in [0.29, 0.717) is 17.7 Å². The fourth-order valence-electron chi connectivity index (χ4n) is 2.79. The second-order valence-corrected chi connectivity index (χ2v) is 7.97. The van der Waals surface area contributed by atoms with Crippen LogP contribution in [0.5, 0.6) is 11.5 Å². The van der Waals surface area contributed by atoms with Crippen molar-refractivity contribution >= 4 is 10.0 Å².